The van der Waals surface area contributed by atoms with Crippen molar-refractivity contribution in [1.29, 1.82) is 0 Å². The van der Waals surface area contributed by atoms with Gasteiger partial charge in [0.05, 0.1) is 25.2 Å². The molecule has 17 heteroatoms. The van der Waals surface area contributed by atoms with E-state index in [0.29, 0.717) is 0 Å². The van der Waals surface area contributed by atoms with E-state index in [2.05, 4.69) is 0 Å². The van der Waals surface area contributed by atoms with E-state index in [0.717, 1.165) is 0 Å². The van der Waals surface area contributed by atoms with Gasteiger partial charge in [-0.15, -0.1) is 0 Å². The molecule has 0 aliphatic rings. The van der Waals surface area contributed by atoms with E-state index >= 15 is 0 Å². The zero-order valence-corrected chi connectivity index (χ0v) is 16.6. The molecule has 0 amide bonds. The first-order valence-corrected chi connectivity index (χ1v) is 8.09. The zero-order chi connectivity index (χ0) is 24.3. The van der Waals surface area contributed by atoms with Gasteiger partial charge in [-0.2, -0.15) is 0 Å². The Hall–Kier alpha value is -1.03. The van der Waals surface area contributed by atoms with Crippen LogP contribution in [0.25, 0.3) is 0 Å². The van der Waals surface area contributed by atoms with Crippen molar-refractivity contribution in [1.82, 2.24) is 0 Å². The van der Waals surface area contributed by atoms with E-state index in [1.165, 1.54) is 0 Å². The quantitative estimate of drug-likeness (QED) is 0.116. The standard InChI is InChI=1S/2C7H14O8.Co/c2*8-1-2(9)3(10)4(11)5(12)6(13)7(14)15;/h2*2-6,8-13H,1H2,(H,14,15);/q;;+2/p-2. The van der Waals surface area contributed by atoms with Gasteiger partial charge in [-0.3, -0.25) is 0 Å². The fourth-order valence-corrected chi connectivity index (χ4v) is 1.73. The number of aliphatic hydroxyl groups is 12. The average Bonchev–Trinajstić information content (AvgIpc) is 2.73. The average molecular weight is 509 g/mol. The van der Waals surface area contributed by atoms with E-state index in [1.54, 1.807) is 0 Å². The summed E-state index contributed by atoms with van der Waals surface area (Å²) in [6.07, 6.45) is -21.0. The number of carbonyl (C=O) groups is 2. The van der Waals surface area contributed by atoms with Gasteiger partial charge in [-0.25, -0.2) is 0 Å². The second-order valence-corrected chi connectivity index (χ2v) is 5.97. The van der Waals surface area contributed by atoms with Crippen molar-refractivity contribution < 1.29 is 97.9 Å². The van der Waals surface area contributed by atoms with E-state index in [9.17, 15) is 19.8 Å². The van der Waals surface area contributed by atoms with Crippen LogP contribution in [-0.4, -0.2) is 147 Å². The largest absolute Gasteiger partial charge is 2.00 e. The molecule has 0 aliphatic heterocycles. The van der Waals surface area contributed by atoms with Crippen molar-refractivity contribution in [3.05, 3.63) is 0 Å². The van der Waals surface area contributed by atoms with Crippen molar-refractivity contribution in [2.75, 3.05) is 13.2 Å². The van der Waals surface area contributed by atoms with Crippen molar-refractivity contribution in [2.45, 2.75) is 61.0 Å². The monoisotopic (exact) mass is 509 g/mol. The van der Waals surface area contributed by atoms with Crippen LogP contribution in [-0.2, 0) is 26.4 Å². The molecule has 12 N–H and O–H groups in total. The van der Waals surface area contributed by atoms with Gasteiger partial charge in [-0.1, -0.05) is 0 Å². The molecule has 0 rings (SSSR count). The molecule has 0 aromatic rings. The first-order chi connectivity index (χ1) is 13.6. The van der Waals surface area contributed by atoms with Gasteiger partial charge in [-0.05, 0) is 0 Å². The van der Waals surface area contributed by atoms with Crippen LogP contribution in [0.3, 0.4) is 0 Å². The molecule has 10 unspecified atom stereocenters. The maximum absolute atomic E-state index is 10.1. The van der Waals surface area contributed by atoms with Gasteiger partial charge in [0.15, 0.2) is 0 Å². The molecular formula is C14H26CoO16. The SMILES string of the molecule is O=C([O-])C(O)C(O)C(O)C(O)C(O)CO.O=C([O-])C(O)C(O)C(O)C(O)C(O)CO.[Co+2]. The third kappa shape index (κ3) is 11.4. The van der Waals surface area contributed by atoms with Gasteiger partial charge < -0.3 is 81.1 Å². The van der Waals surface area contributed by atoms with E-state index in [4.69, 9.17) is 61.3 Å². The number of hydrogen-bond acceptors (Lipinski definition) is 16. The zero-order valence-electron chi connectivity index (χ0n) is 15.5. The summed E-state index contributed by atoms with van der Waals surface area (Å²) in [4.78, 5) is 20.2. The van der Waals surface area contributed by atoms with Gasteiger partial charge in [0.25, 0.3) is 0 Å². The molecule has 0 bridgehead atoms. The third-order valence-corrected chi connectivity index (χ3v) is 3.69. The van der Waals surface area contributed by atoms with E-state index in [1.807, 2.05) is 0 Å². The summed E-state index contributed by atoms with van der Waals surface area (Å²) in [5, 5.41) is 126. The van der Waals surface area contributed by atoms with Crippen LogP contribution in [0.1, 0.15) is 0 Å². The Balaban J connectivity index is -0.000000490. The minimum atomic E-state index is -2.40. The summed E-state index contributed by atoms with van der Waals surface area (Å²) < 4.78 is 0. The van der Waals surface area contributed by atoms with Crippen LogP contribution in [0.5, 0.6) is 0 Å². The van der Waals surface area contributed by atoms with Crippen LogP contribution in [0.4, 0.5) is 0 Å². The Labute approximate surface area is 184 Å². The van der Waals surface area contributed by atoms with Crippen LogP contribution in [0.2, 0.25) is 0 Å². The molecule has 0 heterocycles. The first-order valence-electron chi connectivity index (χ1n) is 8.09. The topological polar surface area (TPSA) is 323 Å². The molecule has 0 aromatic carbocycles. The predicted molar refractivity (Wildman–Crippen MR) is 84.3 cm³/mol. The fourth-order valence-electron chi connectivity index (χ4n) is 1.73. The Morgan fingerprint density at radius 3 is 0.903 bits per heavy atom. The van der Waals surface area contributed by atoms with Crippen molar-refractivity contribution in [3.63, 3.8) is 0 Å². The molecule has 16 nitrogen and oxygen atoms in total. The molecule has 0 saturated heterocycles. The number of aliphatic carboxylic acids is 2. The van der Waals surface area contributed by atoms with Crippen molar-refractivity contribution >= 4 is 11.9 Å². The molecule has 31 heavy (non-hydrogen) atoms. The smallest absolute Gasteiger partial charge is 0.547 e. The number of carboxylic acids is 2. The maximum Gasteiger partial charge on any atom is 2.00 e. The summed E-state index contributed by atoms with van der Waals surface area (Å²) in [6, 6.07) is 0. The van der Waals surface area contributed by atoms with Crippen LogP contribution in [0, 0.1) is 0 Å². The Morgan fingerprint density at radius 2 is 0.742 bits per heavy atom. The molecule has 187 valence electrons. The molecule has 0 aromatic heterocycles. The number of rotatable bonds is 12. The summed E-state index contributed by atoms with van der Waals surface area (Å²) in [5.74, 6) is -4.07. The van der Waals surface area contributed by atoms with Crippen molar-refractivity contribution in [3.8, 4) is 0 Å². The minimum absolute atomic E-state index is 0. The van der Waals surface area contributed by atoms with E-state index < -0.39 is 86.2 Å². The second-order valence-electron chi connectivity index (χ2n) is 5.97. The Bertz CT molecular complexity index is 465. The predicted octanol–water partition coefficient (Wildman–Crippen LogP) is -10.9. The molecule has 0 fully saturated rings. The number of carbonyl (C=O) groups excluding carboxylic acids is 2. The summed E-state index contributed by atoms with van der Waals surface area (Å²) in [5.41, 5.74) is 0. The normalized spacial score (nSPS) is 20.8. The van der Waals surface area contributed by atoms with E-state index in [-0.39, 0.29) is 16.8 Å². The summed E-state index contributed by atoms with van der Waals surface area (Å²) >= 11 is 0. The number of hydrogen-bond donors (Lipinski definition) is 12. The van der Waals surface area contributed by atoms with Gasteiger partial charge in [0.1, 0.15) is 61.0 Å². The summed E-state index contributed by atoms with van der Waals surface area (Å²) in [7, 11) is 0. The Kier molecular flexibility index (Phi) is 18.5. The fraction of sp³-hybridized carbons (Fsp3) is 0.857. The molecule has 1 radical (unpaired) electrons. The van der Waals surface area contributed by atoms with Crippen LogP contribution in [0.15, 0.2) is 0 Å². The number of aliphatic hydroxyl groups excluding tert-OH is 12. The van der Waals surface area contributed by atoms with Crippen LogP contribution < -0.4 is 10.2 Å². The van der Waals surface area contributed by atoms with Crippen molar-refractivity contribution in [2.24, 2.45) is 0 Å². The maximum atomic E-state index is 10.1. The minimum Gasteiger partial charge on any atom is -0.547 e. The van der Waals surface area contributed by atoms with Gasteiger partial charge in [0, 0.05) is 0 Å². The summed E-state index contributed by atoms with van der Waals surface area (Å²) in [6.45, 7) is -1.79. The van der Waals surface area contributed by atoms with Gasteiger partial charge in [0.2, 0.25) is 0 Å². The third-order valence-electron chi connectivity index (χ3n) is 3.69. The molecule has 0 spiro atoms. The Morgan fingerprint density at radius 1 is 0.516 bits per heavy atom. The van der Waals surface area contributed by atoms with Gasteiger partial charge >= 0.3 is 16.8 Å². The molecule has 0 aliphatic carbocycles. The molecule has 0 saturated carbocycles. The molecule has 10 atom stereocenters. The number of carboxylic acid groups (broad SMARTS) is 2. The second kappa shape index (κ2) is 16.6. The first kappa shape index (κ1) is 34.6. The molecular weight excluding hydrogens is 483 g/mol. The van der Waals surface area contributed by atoms with Crippen LogP contribution >= 0.6 is 0 Å².